The van der Waals surface area contributed by atoms with Crippen LogP contribution in [0.15, 0.2) is 53.6 Å². The van der Waals surface area contributed by atoms with E-state index >= 15 is 0 Å². The third-order valence-corrected chi connectivity index (χ3v) is 5.82. The molecule has 0 saturated carbocycles. The van der Waals surface area contributed by atoms with Gasteiger partial charge in [0.25, 0.3) is 0 Å². The highest BCUT2D eigenvalue weighted by atomic mass is 16.5. The molecule has 4 heteroatoms. The lowest BCUT2D eigenvalue weighted by Gasteiger charge is -2.07. The second-order valence-electron chi connectivity index (χ2n) is 8.92. The number of nitrogens with one attached hydrogen (secondary N) is 1. The van der Waals surface area contributed by atoms with Crippen molar-refractivity contribution in [1.29, 1.82) is 0 Å². The Bertz CT molecular complexity index is 797. The number of benzene rings is 2. The molecule has 1 amide bonds. The van der Waals surface area contributed by atoms with Crippen molar-refractivity contribution in [2.75, 3.05) is 0 Å². The van der Waals surface area contributed by atoms with Gasteiger partial charge < -0.3 is 4.74 Å². The number of nitrogens with zero attached hydrogens (tertiary/aromatic N) is 1. The second-order valence-corrected chi connectivity index (χ2v) is 8.92. The van der Waals surface area contributed by atoms with Gasteiger partial charge in [-0.2, -0.15) is 5.10 Å². The summed E-state index contributed by atoms with van der Waals surface area (Å²) >= 11 is 0. The van der Waals surface area contributed by atoms with Crippen LogP contribution < -0.4 is 10.2 Å². The first-order valence-corrected chi connectivity index (χ1v) is 12.8. The van der Waals surface area contributed by atoms with Crippen LogP contribution in [0.5, 0.6) is 5.75 Å². The smallest absolute Gasteiger partial charge is 0.240 e. The van der Waals surface area contributed by atoms with Gasteiger partial charge in [-0.3, -0.25) is 4.79 Å². The Hall–Kier alpha value is -2.62. The molecule has 2 rings (SSSR count). The Kier molecular flexibility index (Phi) is 13.7. The van der Waals surface area contributed by atoms with Gasteiger partial charge >= 0.3 is 0 Å². The van der Waals surface area contributed by atoms with Crippen molar-refractivity contribution in [2.45, 2.75) is 97.5 Å². The molecule has 33 heavy (non-hydrogen) atoms. The molecule has 180 valence electrons. The lowest BCUT2D eigenvalue weighted by Crippen LogP contribution is -2.16. The Labute approximate surface area is 200 Å². The van der Waals surface area contributed by atoms with Crippen LogP contribution in [-0.2, 0) is 11.4 Å². The molecule has 0 aliphatic rings. The van der Waals surface area contributed by atoms with E-state index in [1.807, 2.05) is 24.3 Å². The molecule has 0 fully saturated rings. The number of hydrogen-bond donors (Lipinski definition) is 1. The topological polar surface area (TPSA) is 50.7 Å². The summed E-state index contributed by atoms with van der Waals surface area (Å²) in [6.07, 6.45) is 16.3. The van der Waals surface area contributed by atoms with Gasteiger partial charge in [-0.1, -0.05) is 101 Å². The molecule has 0 heterocycles. The van der Waals surface area contributed by atoms with Gasteiger partial charge in [-0.25, -0.2) is 5.43 Å². The minimum atomic E-state index is -0.0137. The van der Waals surface area contributed by atoms with Crippen LogP contribution in [0.25, 0.3) is 0 Å². The number of hydrogen-bond acceptors (Lipinski definition) is 3. The average molecular weight is 451 g/mol. The van der Waals surface area contributed by atoms with Gasteiger partial charge in [-0.15, -0.1) is 0 Å². The van der Waals surface area contributed by atoms with E-state index in [0.717, 1.165) is 29.7 Å². The first-order valence-electron chi connectivity index (χ1n) is 12.8. The summed E-state index contributed by atoms with van der Waals surface area (Å²) in [6.45, 7) is 4.88. The van der Waals surface area contributed by atoms with Gasteiger partial charge in [0.2, 0.25) is 5.91 Å². The molecule has 0 aromatic heterocycles. The SMILES string of the molecule is CCCCCCCCCCCCCC(=O)N/N=C/c1ccc(OCc2ccc(C)cc2)cc1. The summed E-state index contributed by atoms with van der Waals surface area (Å²) in [4.78, 5) is 11.9. The Morgan fingerprint density at radius 3 is 2.00 bits per heavy atom. The molecule has 0 bridgehead atoms. The quantitative estimate of drug-likeness (QED) is 0.152. The van der Waals surface area contributed by atoms with E-state index in [4.69, 9.17) is 4.74 Å². The summed E-state index contributed by atoms with van der Waals surface area (Å²) in [5, 5.41) is 4.08. The van der Waals surface area contributed by atoms with Crippen LogP contribution in [0.2, 0.25) is 0 Å². The molecule has 0 radical (unpaired) electrons. The number of amides is 1. The van der Waals surface area contributed by atoms with E-state index < -0.39 is 0 Å². The van der Waals surface area contributed by atoms with Crippen LogP contribution in [0, 0.1) is 6.92 Å². The van der Waals surface area contributed by atoms with Crippen molar-refractivity contribution in [1.82, 2.24) is 5.43 Å². The van der Waals surface area contributed by atoms with Crippen LogP contribution >= 0.6 is 0 Å². The third-order valence-electron chi connectivity index (χ3n) is 5.82. The van der Waals surface area contributed by atoms with Crippen LogP contribution in [0.4, 0.5) is 0 Å². The van der Waals surface area contributed by atoms with Crippen molar-refractivity contribution < 1.29 is 9.53 Å². The van der Waals surface area contributed by atoms with E-state index in [0.29, 0.717) is 13.0 Å². The molecule has 2 aromatic rings. The lowest BCUT2D eigenvalue weighted by atomic mass is 10.1. The maximum atomic E-state index is 11.9. The number of carbonyl (C=O) groups is 1. The summed E-state index contributed by atoms with van der Waals surface area (Å²) in [5.41, 5.74) is 5.94. The van der Waals surface area contributed by atoms with Gasteiger partial charge in [0.05, 0.1) is 6.21 Å². The molecule has 0 aliphatic carbocycles. The zero-order valence-electron chi connectivity index (χ0n) is 20.7. The molecule has 0 spiro atoms. The van der Waals surface area contributed by atoms with Crippen molar-refractivity contribution in [3.05, 3.63) is 65.2 Å². The van der Waals surface area contributed by atoms with E-state index in [-0.39, 0.29) is 5.91 Å². The molecule has 0 unspecified atom stereocenters. The van der Waals surface area contributed by atoms with Gasteiger partial charge in [-0.05, 0) is 48.7 Å². The number of hydrazone groups is 1. The molecule has 4 nitrogen and oxygen atoms in total. The van der Waals surface area contributed by atoms with Gasteiger partial charge in [0.15, 0.2) is 0 Å². The first-order chi connectivity index (χ1) is 16.2. The van der Waals surface area contributed by atoms with Crippen LogP contribution in [0.3, 0.4) is 0 Å². The zero-order chi connectivity index (χ0) is 23.6. The van der Waals surface area contributed by atoms with Gasteiger partial charge in [0.1, 0.15) is 12.4 Å². The molecular weight excluding hydrogens is 408 g/mol. The number of ether oxygens (including phenoxy) is 1. The summed E-state index contributed by atoms with van der Waals surface area (Å²) in [7, 11) is 0. The summed E-state index contributed by atoms with van der Waals surface area (Å²) < 4.78 is 5.82. The number of aryl methyl sites for hydroxylation is 1. The van der Waals surface area contributed by atoms with Crippen LogP contribution in [-0.4, -0.2) is 12.1 Å². The summed E-state index contributed by atoms with van der Waals surface area (Å²) in [6, 6.07) is 16.0. The van der Waals surface area contributed by atoms with Crippen molar-refractivity contribution in [3.8, 4) is 5.75 Å². The molecule has 2 aromatic carbocycles. The lowest BCUT2D eigenvalue weighted by molar-refractivity contribution is -0.121. The maximum absolute atomic E-state index is 11.9. The fraction of sp³-hybridized carbons (Fsp3) is 0.517. The number of rotatable bonds is 17. The average Bonchev–Trinajstić information content (AvgIpc) is 2.83. The van der Waals surface area contributed by atoms with Crippen molar-refractivity contribution in [2.24, 2.45) is 5.10 Å². The number of carbonyl (C=O) groups excluding carboxylic acids is 1. The largest absolute Gasteiger partial charge is 0.489 e. The van der Waals surface area contributed by atoms with E-state index in [9.17, 15) is 4.79 Å². The highest BCUT2D eigenvalue weighted by Crippen LogP contribution is 2.14. The van der Waals surface area contributed by atoms with Crippen molar-refractivity contribution >= 4 is 12.1 Å². The first kappa shape index (κ1) is 26.6. The highest BCUT2D eigenvalue weighted by Gasteiger charge is 2.00. The Balaban J connectivity index is 1.51. The van der Waals surface area contributed by atoms with E-state index in [1.54, 1.807) is 6.21 Å². The maximum Gasteiger partial charge on any atom is 0.240 e. The molecule has 1 N–H and O–H groups in total. The minimum absolute atomic E-state index is 0.0137. The molecule has 0 saturated heterocycles. The highest BCUT2D eigenvalue weighted by molar-refractivity contribution is 5.82. The van der Waals surface area contributed by atoms with Gasteiger partial charge in [0, 0.05) is 6.42 Å². The predicted molar refractivity (Wildman–Crippen MR) is 139 cm³/mol. The fourth-order valence-electron chi connectivity index (χ4n) is 3.69. The Morgan fingerprint density at radius 1 is 0.818 bits per heavy atom. The normalized spacial score (nSPS) is 11.1. The van der Waals surface area contributed by atoms with E-state index in [2.05, 4.69) is 48.6 Å². The number of unbranched alkanes of at least 4 members (excludes halogenated alkanes) is 10. The molecule has 0 aliphatic heterocycles. The standard InChI is InChI=1S/C29H42N2O2/c1-3-4-5-6-7-8-9-10-11-12-13-14-29(32)31-30-23-26-19-21-28(22-20-26)33-24-27-17-15-25(2)16-18-27/h15-23H,3-14,24H2,1-2H3,(H,31,32)/b30-23+. The minimum Gasteiger partial charge on any atom is -0.489 e. The monoisotopic (exact) mass is 450 g/mol. The fourth-order valence-corrected chi connectivity index (χ4v) is 3.69. The third kappa shape index (κ3) is 12.9. The zero-order valence-corrected chi connectivity index (χ0v) is 20.7. The molecular formula is C29H42N2O2. The van der Waals surface area contributed by atoms with E-state index in [1.165, 1.54) is 63.4 Å². The van der Waals surface area contributed by atoms with Crippen molar-refractivity contribution in [3.63, 3.8) is 0 Å². The molecule has 0 atom stereocenters. The Morgan fingerprint density at radius 2 is 1.39 bits per heavy atom. The summed E-state index contributed by atoms with van der Waals surface area (Å²) in [5.74, 6) is 0.800. The van der Waals surface area contributed by atoms with Crippen LogP contribution in [0.1, 0.15) is 101 Å². The second kappa shape index (κ2) is 16.9. The predicted octanol–water partition coefficient (Wildman–Crippen LogP) is 7.73.